The molecule has 27 heavy (non-hydrogen) atoms. The van der Waals surface area contributed by atoms with Crippen molar-refractivity contribution in [2.45, 2.75) is 68.9 Å². The lowest BCUT2D eigenvalue weighted by Crippen LogP contribution is -2.47. The Balaban J connectivity index is 1.96. The highest BCUT2D eigenvalue weighted by Gasteiger charge is 2.53. The summed E-state index contributed by atoms with van der Waals surface area (Å²) in [4.78, 5) is 13.3. The molecule has 0 saturated heterocycles. The number of benzene rings is 1. The van der Waals surface area contributed by atoms with E-state index in [9.17, 15) is 13.2 Å². The summed E-state index contributed by atoms with van der Waals surface area (Å²) in [5.74, 6) is -0.294. The molecule has 3 rings (SSSR count). The minimum atomic E-state index is -3.82. The van der Waals surface area contributed by atoms with Crippen molar-refractivity contribution in [2.24, 2.45) is 0 Å². The Bertz CT molecular complexity index is 958. The standard InChI is InChI=1S/C19H25N3O3S2/c1-12(2)16-21-22-18(26-16)20-17(23)19(9-5-6-10-19)27(24,25)15-8-7-13(3)14(4)11-15/h7-8,11-12H,5-6,9-10H2,1-4H3,(H,20,22,23). The first-order valence-corrected chi connectivity index (χ1v) is 11.4. The molecule has 1 aromatic heterocycles. The second-order valence-corrected chi connectivity index (χ2v) is 10.8. The zero-order chi connectivity index (χ0) is 19.8. The molecule has 6 nitrogen and oxygen atoms in total. The highest BCUT2D eigenvalue weighted by Crippen LogP contribution is 2.42. The Hall–Kier alpha value is -1.80. The molecule has 0 spiro atoms. The maximum Gasteiger partial charge on any atom is 0.248 e. The number of hydrogen-bond acceptors (Lipinski definition) is 6. The van der Waals surface area contributed by atoms with Gasteiger partial charge in [0, 0.05) is 5.92 Å². The maximum atomic E-state index is 13.5. The zero-order valence-corrected chi connectivity index (χ0v) is 17.7. The summed E-state index contributed by atoms with van der Waals surface area (Å²) in [6.45, 7) is 7.81. The normalized spacial score (nSPS) is 16.6. The van der Waals surface area contributed by atoms with E-state index in [0.717, 1.165) is 16.1 Å². The van der Waals surface area contributed by atoms with Crippen LogP contribution in [0, 0.1) is 13.8 Å². The summed E-state index contributed by atoms with van der Waals surface area (Å²) < 4.78 is 25.5. The fourth-order valence-electron chi connectivity index (χ4n) is 3.40. The van der Waals surface area contributed by atoms with E-state index in [1.165, 1.54) is 11.3 Å². The lowest BCUT2D eigenvalue weighted by Gasteiger charge is -2.27. The number of nitrogens with one attached hydrogen (secondary N) is 1. The van der Waals surface area contributed by atoms with E-state index in [2.05, 4.69) is 15.5 Å². The number of aromatic nitrogens is 2. The summed E-state index contributed by atoms with van der Waals surface area (Å²) in [5, 5.41) is 12.0. The summed E-state index contributed by atoms with van der Waals surface area (Å²) in [6.07, 6.45) is 2.07. The zero-order valence-electron chi connectivity index (χ0n) is 16.1. The van der Waals surface area contributed by atoms with Crippen LogP contribution in [-0.4, -0.2) is 29.3 Å². The average Bonchev–Trinajstić information content (AvgIpc) is 3.27. The fraction of sp³-hybridized carbons (Fsp3) is 0.526. The van der Waals surface area contributed by atoms with Gasteiger partial charge < -0.3 is 0 Å². The predicted molar refractivity (Wildman–Crippen MR) is 107 cm³/mol. The number of nitrogens with zero attached hydrogens (tertiary/aromatic N) is 2. The van der Waals surface area contributed by atoms with Crippen molar-refractivity contribution in [2.75, 3.05) is 5.32 Å². The van der Waals surface area contributed by atoms with Crippen LogP contribution in [0.25, 0.3) is 0 Å². The number of hydrogen-bond donors (Lipinski definition) is 1. The molecular formula is C19H25N3O3S2. The molecule has 1 fully saturated rings. The molecule has 1 amide bonds. The smallest absolute Gasteiger partial charge is 0.248 e. The van der Waals surface area contributed by atoms with E-state index in [-0.39, 0.29) is 10.8 Å². The first-order valence-electron chi connectivity index (χ1n) is 9.14. The fourth-order valence-corrected chi connectivity index (χ4v) is 6.29. The third kappa shape index (κ3) is 3.52. The first-order chi connectivity index (χ1) is 12.7. The van der Waals surface area contributed by atoms with Gasteiger partial charge in [-0.05, 0) is 49.9 Å². The highest BCUT2D eigenvalue weighted by atomic mass is 32.2. The van der Waals surface area contributed by atoms with Gasteiger partial charge in [-0.25, -0.2) is 8.42 Å². The topological polar surface area (TPSA) is 89.0 Å². The Kier molecular flexibility index (Phi) is 5.40. The predicted octanol–water partition coefficient (Wildman–Crippen LogP) is 4.00. The van der Waals surface area contributed by atoms with Crippen LogP contribution in [0.2, 0.25) is 0 Å². The van der Waals surface area contributed by atoms with Gasteiger partial charge in [0.15, 0.2) is 14.6 Å². The lowest BCUT2D eigenvalue weighted by molar-refractivity contribution is -0.118. The maximum absolute atomic E-state index is 13.5. The molecule has 0 unspecified atom stereocenters. The van der Waals surface area contributed by atoms with Crippen molar-refractivity contribution in [1.82, 2.24) is 10.2 Å². The molecule has 0 aliphatic heterocycles. The number of rotatable bonds is 5. The summed E-state index contributed by atoms with van der Waals surface area (Å²) >= 11 is 1.29. The van der Waals surface area contributed by atoms with Gasteiger partial charge >= 0.3 is 0 Å². The summed E-state index contributed by atoms with van der Waals surface area (Å²) in [7, 11) is -3.82. The van der Waals surface area contributed by atoms with E-state index >= 15 is 0 Å². The number of aryl methyl sites for hydroxylation is 2. The number of sulfone groups is 1. The number of carbonyl (C=O) groups is 1. The molecule has 1 aliphatic rings. The van der Waals surface area contributed by atoms with Crippen molar-refractivity contribution >= 4 is 32.2 Å². The van der Waals surface area contributed by atoms with Gasteiger partial charge in [0.25, 0.3) is 0 Å². The number of amides is 1. The Morgan fingerprint density at radius 1 is 1.15 bits per heavy atom. The van der Waals surface area contributed by atoms with Gasteiger partial charge in [-0.2, -0.15) is 0 Å². The van der Waals surface area contributed by atoms with Crippen LogP contribution in [0.4, 0.5) is 5.13 Å². The van der Waals surface area contributed by atoms with Gasteiger partial charge in [-0.3, -0.25) is 10.1 Å². The van der Waals surface area contributed by atoms with E-state index in [1.807, 2.05) is 27.7 Å². The van der Waals surface area contributed by atoms with Crippen molar-refractivity contribution < 1.29 is 13.2 Å². The van der Waals surface area contributed by atoms with Crippen LogP contribution in [-0.2, 0) is 14.6 Å². The van der Waals surface area contributed by atoms with Crippen molar-refractivity contribution in [3.8, 4) is 0 Å². The molecule has 8 heteroatoms. The minimum Gasteiger partial charge on any atom is -0.299 e. The number of anilines is 1. The van der Waals surface area contributed by atoms with E-state index < -0.39 is 20.5 Å². The molecule has 0 atom stereocenters. The molecule has 1 saturated carbocycles. The quantitative estimate of drug-likeness (QED) is 0.809. The van der Waals surface area contributed by atoms with Crippen molar-refractivity contribution in [3.63, 3.8) is 0 Å². The van der Waals surface area contributed by atoms with Crippen molar-refractivity contribution in [3.05, 3.63) is 34.3 Å². The second-order valence-electron chi connectivity index (χ2n) is 7.51. The largest absolute Gasteiger partial charge is 0.299 e. The van der Waals surface area contributed by atoms with E-state index in [0.29, 0.717) is 30.8 Å². The highest BCUT2D eigenvalue weighted by molar-refractivity contribution is 7.93. The third-order valence-corrected chi connectivity index (χ3v) is 8.92. The second kappa shape index (κ2) is 7.31. The van der Waals surface area contributed by atoms with Crippen LogP contribution in [0.3, 0.4) is 0 Å². The van der Waals surface area contributed by atoms with Gasteiger partial charge in [0.2, 0.25) is 11.0 Å². The Morgan fingerprint density at radius 3 is 2.37 bits per heavy atom. The van der Waals surface area contributed by atoms with Crippen LogP contribution >= 0.6 is 11.3 Å². The van der Waals surface area contributed by atoms with Gasteiger partial charge in [-0.15, -0.1) is 10.2 Å². The number of carbonyl (C=O) groups excluding carboxylic acids is 1. The van der Waals surface area contributed by atoms with Crippen LogP contribution in [0.15, 0.2) is 23.1 Å². The molecule has 2 aromatic rings. The van der Waals surface area contributed by atoms with Crippen LogP contribution in [0.5, 0.6) is 0 Å². The lowest BCUT2D eigenvalue weighted by atomic mass is 10.1. The molecule has 0 radical (unpaired) electrons. The summed E-state index contributed by atoms with van der Waals surface area (Å²) in [6, 6.07) is 5.06. The third-order valence-electron chi connectivity index (χ3n) is 5.28. The Morgan fingerprint density at radius 2 is 1.81 bits per heavy atom. The molecule has 1 heterocycles. The SMILES string of the molecule is Cc1ccc(S(=O)(=O)C2(C(=O)Nc3nnc(C(C)C)s3)CCCC2)cc1C. The average molecular weight is 408 g/mol. The van der Waals surface area contributed by atoms with Gasteiger partial charge in [0.1, 0.15) is 5.01 Å². The first kappa shape index (κ1) is 19.9. The molecule has 146 valence electrons. The van der Waals surface area contributed by atoms with Crippen LogP contribution < -0.4 is 5.32 Å². The van der Waals surface area contributed by atoms with E-state index in [1.54, 1.807) is 18.2 Å². The minimum absolute atomic E-state index is 0.202. The van der Waals surface area contributed by atoms with Gasteiger partial charge in [0.05, 0.1) is 4.90 Å². The molecule has 1 aromatic carbocycles. The summed E-state index contributed by atoms with van der Waals surface area (Å²) in [5.41, 5.74) is 1.92. The van der Waals surface area contributed by atoms with E-state index in [4.69, 9.17) is 0 Å². The monoisotopic (exact) mass is 407 g/mol. The molecule has 0 bridgehead atoms. The Labute approximate surface area is 164 Å². The molecule has 1 N–H and O–H groups in total. The molecular weight excluding hydrogens is 382 g/mol. The van der Waals surface area contributed by atoms with Crippen molar-refractivity contribution in [1.29, 1.82) is 0 Å². The molecule has 1 aliphatic carbocycles. The van der Waals surface area contributed by atoms with Crippen LogP contribution in [0.1, 0.15) is 61.6 Å². The van der Waals surface area contributed by atoms with Gasteiger partial charge in [-0.1, -0.05) is 44.1 Å².